The fraction of sp³-hybridized carbons (Fsp3) is 0.217. The van der Waals surface area contributed by atoms with Gasteiger partial charge in [0.2, 0.25) is 5.91 Å². The zero-order chi connectivity index (χ0) is 22.8. The number of likely N-dealkylation sites (N-methyl/N-ethyl adjacent to an activating group) is 1. The Morgan fingerprint density at radius 2 is 1.78 bits per heavy atom. The number of fused-ring (bicyclic) bond motifs is 1. The minimum absolute atomic E-state index is 0.0235. The lowest BCUT2D eigenvalue weighted by Crippen LogP contribution is -2.32. The highest BCUT2D eigenvalue weighted by Gasteiger charge is 2.19. The number of aromatic amines is 1. The summed E-state index contributed by atoms with van der Waals surface area (Å²) in [6.07, 6.45) is 0. The van der Waals surface area contributed by atoms with Crippen LogP contribution in [0.25, 0.3) is 16.6 Å². The predicted octanol–water partition coefficient (Wildman–Crippen LogP) is 1.79. The van der Waals surface area contributed by atoms with Crippen molar-refractivity contribution in [3.05, 3.63) is 86.8 Å². The highest BCUT2D eigenvalue weighted by Crippen LogP contribution is 2.14. The van der Waals surface area contributed by atoms with Gasteiger partial charge in [0.15, 0.2) is 0 Å². The molecule has 32 heavy (non-hydrogen) atoms. The number of aromatic nitrogens is 4. The van der Waals surface area contributed by atoms with Gasteiger partial charge in [-0.3, -0.25) is 24.0 Å². The lowest BCUT2D eigenvalue weighted by atomic mass is 10.2. The summed E-state index contributed by atoms with van der Waals surface area (Å²) in [4.78, 5) is 46.8. The van der Waals surface area contributed by atoms with E-state index < -0.39 is 0 Å². The Morgan fingerprint density at radius 1 is 1.09 bits per heavy atom. The number of benzene rings is 2. The van der Waals surface area contributed by atoms with Gasteiger partial charge in [0.05, 0.1) is 35.4 Å². The van der Waals surface area contributed by atoms with Gasteiger partial charge in [-0.2, -0.15) is 0 Å². The molecule has 0 radical (unpaired) electrons. The molecule has 164 valence electrons. The molecule has 2 aromatic carbocycles. The van der Waals surface area contributed by atoms with Gasteiger partial charge in [-0.25, -0.2) is 9.67 Å². The molecule has 0 aliphatic carbocycles. The summed E-state index contributed by atoms with van der Waals surface area (Å²) >= 11 is 0. The second-order valence-corrected chi connectivity index (χ2v) is 7.69. The average Bonchev–Trinajstić information content (AvgIpc) is 2.97. The van der Waals surface area contributed by atoms with Crippen molar-refractivity contribution in [2.45, 2.75) is 13.5 Å². The van der Waals surface area contributed by atoms with E-state index in [-0.39, 0.29) is 35.8 Å². The third-order valence-corrected chi connectivity index (χ3v) is 5.31. The zero-order valence-corrected chi connectivity index (χ0v) is 18.1. The number of nitrogens with zero attached hydrogens (tertiary/aromatic N) is 4. The van der Waals surface area contributed by atoms with Gasteiger partial charge >= 0.3 is 0 Å². The Morgan fingerprint density at radius 3 is 2.53 bits per heavy atom. The van der Waals surface area contributed by atoms with Gasteiger partial charge < -0.3 is 10.3 Å². The number of nitrogens with one attached hydrogen (secondary N) is 2. The second-order valence-electron chi connectivity index (χ2n) is 7.69. The molecule has 0 aliphatic rings. The van der Waals surface area contributed by atoms with E-state index in [1.165, 1.54) is 4.68 Å². The maximum atomic E-state index is 12.9. The van der Waals surface area contributed by atoms with Crippen molar-refractivity contribution in [2.24, 2.45) is 7.05 Å². The first-order valence-electron chi connectivity index (χ1n) is 10.2. The van der Waals surface area contributed by atoms with Gasteiger partial charge in [-0.1, -0.05) is 30.3 Å². The van der Waals surface area contributed by atoms with Crippen molar-refractivity contribution in [2.75, 3.05) is 18.9 Å². The molecular weight excluding hydrogens is 408 g/mol. The smallest absolute Gasteiger partial charge is 0.295 e. The SMILES string of the molecule is Cc1c(NC(=O)CN(C)Cc2nc3ccccc3c(=O)[nH]2)c(=O)n(-c2ccccc2)n1C. The number of carbonyl (C=O) groups excluding carboxylic acids is 1. The summed E-state index contributed by atoms with van der Waals surface area (Å²) < 4.78 is 3.22. The molecule has 0 fully saturated rings. The number of amides is 1. The van der Waals surface area contributed by atoms with Gasteiger partial charge in [0.1, 0.15) is 11.5 Å². The molecule has 9 heteroatoms. The number of hydrogen-bond donors (Lipinski definition) is 2. The Kier molecular flexibility index (Phi) is 5.74. The van der Waals surface area contributed by atoms with E-state index in [1.807, 2.05) is 36.4 Å². The normalized spacial score (nSPS) is 11.2. The molecule has 0 saturated carbocycles. The van der Waals surface area contributed by atoms with Crippen molar-refractivity contribution in [1.29, 1.82) is 0 Å². The van der Waals surface area contributed by atoms with E-state index >= 15 is 0 Å². The van der Waals surface area contributed by atoms with E-state index in [2.05, 4.69) is 15.3 Å². The highest BCUT2D eigenvalue weighted by molar-refractivity contribution is 5.92. The van der Waals surface area contributed by atoms with Gasteiger partial charge in [-0.05, 0) is 38.2 Å². The summed E-state index contributed by atoms with van der Waals surface area (Å²) in [7, 11) is 3.52. The second kappa shape index (κ2) is 8.64. The van der Waals surface area contributed by atoms with Crippen LogP contribution in [0.3, 0.4) is 0 Å². The molecule has 0 spiro atoms. The molecule has 0 bridgehead atoms. The van der Waals surface area contributed by atoms with Crippen LogP contribution in [0, 0.1) is 6.92 Å². The van der Waals surface area contributed by atoms with E-state index in [0.29, 0.717) is 28.1 Å². The molecule has 4 aromatic rings. The third kappa shape index (κ3) is 4.10. The Bertz CT molecular complexity index is 1400. The lowest BCUT2D eigenvalue weighted by Gasteiger charge is -2.15. The molecule has 9 nitrogen and oxygen atoms in total. The van der Waals surface area contributed by atoms with Crippen LogP contribution >= 0.6 is 0 Å². The van der Waals surface area contributed by atoms with Crippen LogP contribution in [-0.2, 0) is 18.4 Å². The summed E-state index contributed by atoms with van der Waals surface area (Å²) in [5.74, 6) is 0.132. The number of rotatable bonds is 6. The zero-order valence-electron chi connectivity index (χ0n) is 18.1. The maximum Gasteiger partial charge on any atom is 0.295 e. The summed E-state index contributed by atoms with van der Waals surface area (Å²) in [6, 6.07) is 16.3. The molecule has 0 atom stereocenters. The van der Waals surface area contributed by atoms with Crippen LogP contribution in [0.2, 0.25) is 0 Å². The molecular formula is C23H24N6O3. The van der Waals surface area contributed by atoms with Crippen molar-refractivity contribution < 1.29 is 4.79 Å². The lowest BCUT2D eigenvalue weighted by molar-refractivity contribution is -0.117. The average molecular weight is 432 g/mol. The summed E-state index contributed by atoms with van der Waals surface area (Å²) in [5, 5.41) is 3.26. The monoisotopic (exact) mass is 432 g/mol. The number of carbonyl (C=O) groups is 1. The van der Waals surface area contributed by atoms with Crippen molar-refractivity contribution >= 4 is 22.5 Å². The molecule has 4 rings (SSSR count). The molecule has 2 N–H and O–H groups in total. The molecule has 0 aliphatic heterocycles. The fourth-order valence-electron chi connectivity index (χ4n) is 3.66. The summed E-state index contributed by atoms with van der Waals surface area (Å²) in [5.41, 5.74) is 1.69. The van der Waals surface area contributed by atoms with Crippen LogP contribution < -0.4 is 16.4 Å². The minimum atomic E-state index is -0.332. The molecule has 0 unspecified atom stereocenters. The van der Waals surface area contributed by atoms with Crippen LogP contribution in [0.1, 0.15) is 11.5 Å². The maximum absolute atomic E-state index is 12.9. The van der Waals surface area contributed by atoms with Crippen LogP contribution in [0.15, 0.2) is 64.2 Å². The minimum Gasteiger partial charge on any atom is -0.319 e. The Labute approximate surface area is 183 Å². The number of H-pyrrole nitrogens is 1. The largest absolute Gasteiger partial charge is 0.319 e. The predicted molar refractivity (Wildman–Crippen MR) is 123 cm³/mol. The molecule has 2 aromatic heterocycles. The van der Waals surface area contributed by atoms with Crippen LogP contribution in [-0.4, -0.2) is 43.7 Å². The molecule has 1 amide bonds. The first-order valence-corrected chi connectivity index (χ1v) is 10.2. The van der Waals surface area contributed by atoms with Crippen LogP contribution in [0.5, 0.6) is 0 Å². The van der Waals surface area contributed by atoms with Gasteiger partial charge in [-0.15, -0.1) is 0 Å². The van der Waals surface area contributed by atoms with Crippen LogP contribution in [0.4, 0.5) is 5.69 Å². The Hall–Kier alpha value is -3.98. The fourth-order valence-corrected chi connectivity index (χ4v) is 3.66. The quantitative estimate of drug-likeness (QED) is 0.483. The highest BCUT2D eigenvalue weighted by atomic mass is 16.2. The Balaban J connectivity index is 1.49. The van der Waals surface area contributed by atoms with E-state index in [4.69, 9.17) is 0 Å². The van der Waals surface area contributed by atoms with Gasteiger partial charge in [0.25, 0.3) is 11.1 Å². The topological polar surface area (TPSA) is 105 Å². The van der Waals surface area contributed by atoms with Crippen molar-refractivity contribution in [3.63, 3.8) is 0 Å². The van der Waals surface area contributed by atoms with E-state index in [9.17, 15) is 14.4 Å². The third-order valence-electron chi connectivity index (χ3n) is 5.31. The first-order chi connectivity index (χ1) is 15.3. The summed E-state index contributed by atoms with van der Waals surface area (Å²) in [6.45, 7) is 2.08. The number of hydrogen-bond acceptors (Lipinski definition) is 5. The van der Waals surface area contributed by atoms with E-state index in [1.54, 1.807) is 48.8 Å². The standard InChI is InChI=1S/C23H24N6O3/c1-15-21(23(32)29(28(15)3)16-9-5-4-6-10-16)26-20(30)14-27(2)13-19-24-18-12-8-7-11-17(18)22(31)25-19/h4-12H,13-14H2,1-3H3,(H,26,30)(H,24,25,31). The number of anilines is 1. The molecule has 2 heterocycles. The van der Waals surface area contributed by atoms with Crippen molar-refractivity contribution in [3.8, 4) is 5.69 Å². The van der Waals surface area contributed by atoms with E-state index in [0.717, 1.165) is 0 Å². The molecule has 0 saturated heterocycles. The first kappa shape index (κ1) is 21.3. The van der Waals surface area contributed by atoms with Crippen molar-refractivity contribution in [1.82, 2.24) is 24.2 Å². The number of para-hydroxylation sites is 2. The van der Waals surface area contributed by atoms with Gasteiger partial charge in [0, 0.05) is 7.05 Å².